The zero-order valence-electron chi connectivity index (χ0n) is 16.2. The predicted molar refractivity (Wildman–Crippen MR) is 117 cm³/mol. The van der Waals surface area contributed by atoms with Gasteiger partial charge in [0.1, 0.15) is 5.82 Å². The summed E-state index contributed by atoms with van der Waals surface area (Å²) in [6, 6.07) is 2.02. The zero-order valence-corrected chi connectivity index (χ0v) is 20.4. The molecule has 0 aliphatic carbocycles. The van der Waals surface area contributed by atoms with E-state index >= 15 is 0 Å². The molecule has 0 saturated heterocycles. The van der Waals surface area contributed by atoms with E-state index in [4.69, 9.17) is 29.4 Å². The molecule has 0 aliphatic heterocycles. The normalized spacial score (nSPS) is 9.73. The van der Waals surface area contributed by atoms with Gasteiger partial charge in [0.05, 0.1) is 5.03 Å². The minimum atomic E-state index is -3.81. The summed E-state index contributed by atoms with van der Waals surface area (Å²) in [6.45, 7) is 6.68. The Morgan fingerprint density at radius 2 is 1.19 bits per heavy atom. The van der Waals surface area contributed by atoms with Crippen molar-refractivity contribution in [2.75, 3.05) is 5.75 Å². The van der Waals surface area contributed by atoms with E-state index in [0.717, 1.165) is 22.3 Å². The second kappa shape index (κ2) is 20.2. The van der Waals surface area contributed by atoms with Crippen LogP contribution in [-0.2, 0) is 23.6 Å². The molecule has 0 atom stereocenters. The average molecular weight is 471 g/mol. The summed E-state index contributed by atoms with van der Waals surface area (Å²) in [7, 11) is 0. The fourth-order valence-electron chi connectivity index (χ4n) is 0.905. The van der Waals surface area contributed by atoms with Crippen molar-refractivity contribution >= 4 is 48.8 Å². The summed E-state index contributed by atoms with van der Waals surface area (Å²) in [6.07, 6.45) is 1.25. The van der Waals surface area contributed by atoms with Gasteiger partial charge in [0.25, 0.3) is 0 Å². The van der Waals surface area contributed by atoms with Crippen molar-refractivity contribution in [2.24, 2.45) is 0 Å². The molecule has 158 valence electrons. The van der Waals surface area contributed by atoms with Crippen LogP contribution in [0.2, 0.25) is 0 Å². The van der Waals surface area contributed by atoms with Gasteiger partial charge in [-0.25, -0.2) is 9.97 Å². The molecule has 1 rings (SSSR count). The molecule has 0 aliphatic rings. The first kappa shape index (κ1) is 34.0. The third-order valence-electron chi connectivity index (χ3n) is 1.23. The Labute approximate surface area is 171 Å². The van der Waals surface area contributed by atoms with E-state index < -0.39 is 13.4 Å². The summed E-state index contributed by atoms with van der Waals surface area (Å²) in [4.78, 5) is 53.8. The fraction of sp³-hybridized carbons (Fsp3) is 0.692. The van der Waals surface area contributed by atoms with Crippen LogP contribution in [-0.4, -0.2) is 45.1 Å². The van der Waals surface area contributed by atoms with Crippen LogP contribution in [0.3, 0.4) is 0 Å². The van der Waals surface area contributed by atoms with E-state index in [1.165, 1.54) is 6.42 Å². The molecule has 0 aromatic carbocycles. The quantitative estimate of drug-likeness (QED) is 0.215. The predicted octanol–water partition coefficient (Wildman–Crippen LogP) is 3.02. The van der Waals surface area contributed by atoms with E-state index in [0.29, 0.717) is 0 Å². The molecule has 0 fully saturated rings. The lowest BCUT2D eigenvalue weighted by Gasteiger charge is -1.99. The standard InChI is InChI=1S/C8H12N2S.C3H8.C2H6.2H3O3PS/c1-4-11-8-5-6(2)9-7(3)10-8;1-3-2;1-2;2*1-4(2,3)5/h5H,4H2,1-3H3;3H2,1-2H3;1-2H3;2*(H3,1,2,3,5). The van der Waals surface area contributed by atoms with Crippen molar-refractivity contribution in [1.29, 1.82) is 0 Å². The van der Waals surface area contributed by atoms with Crippen molar-refractivity contribution < 1.29 is 29.4 Å². The van der Waals surface area contributed by atoms with Gasteiger partial charge in [-0.15, -0.1) is 11.8 Å². The molecule has 1 aromatic heterocycles. The SMILES string of the molecule is CC.CCC.CCSc1cc(C)nc(C)n1.OP(O)(O)=S.OP(O)(O)=S. The third kappa shape index (κ3) is 56.3. The maximum Gasteiger partial charge on any atom is 0.319 e. The Bertz CT molecular complexity index is 484. The maximum absolute atomic E-state index is 7.56. The summed E-state index contributed by atoms with van der Waals surface area (Å²) < 4.78 is 0. The summed E-state index contributed by atoms with van der Waals surface area (Å²) in [5.41, 5.74) is 1.05. The lowest BCUT2D eigenvalue weighted by atomic mass is 10.4. The van der Waals surface area contributed by atoms with E-state index in [9.17, 15) is 0 Å². The molecule has 0 unspecified atom stereocenters. The number of hydrogen-bond donors (Lipinski definition) is 6. The highest BCUT2D eigenvalue weighted by atomic mass is 32.5. The molecule has 13 heteroatoms. The number of hydrogen-bond acceptors (Lipinski definition) is 5. The number of aryl methyl sites for hydroxylation is 2. The van der Waals surface area contributed by atoms with Crippen molar-refractivity contribution in [2.45, 2.75) is 59.9 Å². The molecule has 0 spiro atoms. The van der Waals surface area contributed by atoms with Crippen LogP contribution in [0.5, 0.6) is 0 Å². The molecular formula is C13H32N2O6P2S3. The van der Waals surface area contributed by atoms with E-state index in [2.05, 4.69) is 54.4 Å². The minimum absolute atomic E-state index is 0.862. The van der Waals surface area contributed by atoms with Gasteiger partial charge >= 0.3 is 13.4 Å². The van der Waals surface area contributed by atoms with Gasteiger partial charge in [-0.1, -0.05) is 41.0 Å². The molecule has 1 aromatic rings. The minimum Gasteiger partial charge on any atom is -0.325 e. The monoisotopic (exact) mass is 470 g/mol. The maximum atomic E-state index is 7.56. The first-order valence-electron chi connectivity index (χ1n) is 7.65. The molecule has 0 amide bonds. The number of rotatable bonds is 2. The first-order valence-corrected chi connectivity index (χ1v) is 14.0. The summed E-state index contributed by atoms with van der Waals surface area (Å²) in [5.74, 6) is 1.93. The van der Waals surface area contributed by atoms with Crippen LogP contribution in [0.4, 0.5) is 0 Å². The van der Waals surface area contributed by atoms with Crippen LogP contribution in [0.15, 0.2) is 11.1 Å². The molecule has 1 heterocycles. The number of aromatic nitrogens is 2. The molecule has 8 nitrogen and oxygen atoms in total. The molecule has 0 radical (unpaired) electrons. The van der Waals surface area contributed by atoms with Crippen LogP contribution >= 0.6 is 25.2 Å². The Morgan fingerprint density at radius 1 is 0.885 bits per heavy atom. The largest absolute Gasteiger partial charge is 0.325 e. The second-order valence-corrected chi connectivity index (χ2v) is 10.3. The van der Waals surface area contributed by atoms with E-state index in [1.807, 2.05) is 33.8 Å². The Balaban J connectivity index is -0.000000137. The number of thioether (sulfide) groups is 1. The van der Waals surface area contributed by atoms with Crippen LogP contribution < -0.4 is 0 Å². The topological polar surface area (TPSA) is 147 Å². The Kier molecular flexibility index (Phi) is 26.5. The van der Waals surface area contributed by atoms with Gasteiger partial charge in [0, 0.05) is 5.69 Å². The lowest BCUT2D eigenvalue weighted by Crippen LogP contribution is -1.92. The molecule has 0 bridgehead atoms. The van der Waals surface area contributed by atoms with E-state index in [1.54, 1.807) is 11.8 Å². The summed E-state index contributed by atoms with van der Waals surface area (Å²) >= 11 is 8.96. The van der Waals surface area contributed by atoms with Crippen LogP contribution in [0.1, 0.15) is 52.6 Å². The van der Waals surface area contributed by atoms with Gasteiger partial charge in [-0.05, 0) is 49.3 Å². The van der Waals surface area contributed by atoms with Crippen molar-refractivity contribution in [1.82, 2.24) is 9.97 Å². The van der Waals surface area contributed by atoms with Gasteiger partial charge < -0.3 is 29.4 Å². The lowest BCUT2D eigenvalue weighted by molar-refractivity contribution is 0.361. The highest BCUT2D eigenvalue weighted by Crippen LogP contribution is 2.27. The third-order valence-corrected chi connectivity index (χ3v) is 2.03. The average Bonchev–Trinajstić information content (AvgIpc) is 2.37. The molecular weight excluding hydrogens is 438 g/mol. The molecule has 6 N–H and O–H groups in total. The van der Waals surface area contributed by atoms with Crippen molar-refractivity contribution in [3.63, 3.8) is 0 Å². The fourth-order valence-corrected chi connectivity index (χ4v) is 1.65. The Morgan fingerprint density at radius 3 is 1.42 bits per heavy atom. The number of nitrogens with zero attached hydrogens (tertiary/aromatic N) is 2. The van der Waals surface area contributed by atoms with Crippen LogP contribution in [0, 0.1) is 13.8 Å². The van der Waals surface area contributed by atoms with Gasteiger partial charge in [0.15, 0.2) is 0 Å². The van der Waals surface area contributed by atoms with Crippen molar-refractivity contribution in [3.8, 4) is 0 Å². The first-order chi connectivity index (χ1) is 11.6. The zero-order chi connectivity index (χ0) is 22.0. The van der Waals surface area contributed by atoms with Gasteiger partial charge in [-0.3, -0.25) is 0 Å². The van der Waals surface area contributed by atoms with Gasteiger partial charge in [0.2, 0.25) is 0 Å². The second-order valence-electron chi connectivity index (χ2n) is 4.06. The van der Waals surface area contributed by atoms with Gasteiger partial charge in [-0.2, -0.15) is 0 Å². The molecule has 0 saturated carbocycles. The van der Waals surface area contributed by atoms with Crippen LogP contribution in [0.25, 0.3) is 0 Å². The van der Waals surface area contributed by atoms with Crippen molar-refractivity contribution in [3.05, 3.63) is 17.6 Å². The Hall–Kier alpha value is 0.490. The molecule has 26 heavy (non-hydrogen) atoms. The summed E-state index contributed by atoms with van der Waals surface area (Å²) in [5, 5.41) is 1.08. The highest BCUT2D eigenvalue weighted by Gasteiger charge is 1.96. The van der Waals surface area contributed by atoms with E-state index in [-0.39, 0.29) is 0 Å². The smallest absolute Gasteiger partial charge is 0.319 e. The highest BCUT2D eigenvalue weighted by molar-refractivity contribution is 8.06.